The van der Waals surface area contributed by atoms with E-state index in [9.17, 15) is 4.79 Å². The van der Waals surface area contributed by atoms with Gasteiger partial charge in [0.25, 0.3) is 0 Å². The number of carbonyl (C=O) groups excluding carboxylic acids is 1. The number of pyridine rings is 1. The van der Waals surface area contributed by atoms with Crippen LogP contribution in [-0.4, -0.2) is 47.4 Å². The Morgan fingerprint density at radius 3 is 2.60 bits per heavy atom. The molecule has 0 aromatic carbocycles. The molecule has 110 valence electrons. The molecule has 1 aromatic rings. The van der Waals surface area contributed by atoms with Crippen LogP contribution in [0.1, 0.15) is 26.5 Å². The highest BCUT2D eigenvalue weighted by Gasteiger charge is 2.47. The SMILES string of the molecule is COC1(Cc2ccccn2)CN(C(=O)OC(C)(C)C)C1. The first-order valence-corrected chi connectivity index (χ1v) is 6.77. The zero-order valence-corrected chi connectivity index (χ0v) is 12.5. The van der Waals surface area contributed by atoms with Gasteiger partial charge in [-0.2, -0.15) is 0 Å². The molecule has 2 heterocycles. The van der Waals surface area contributed by atoms with E-state index < -0.39 is 5.60 Å². The maximum absolute atomic E-state index is 11.9. The number of hydrogen-bond donors (Lipinski definition) is 0. The molecule has 0 radical (unpaired) electrons. The van der Waals surface area contributed by atoms with E-state index in [4.69, 9.17) is 9.47 Å². The molecule has 1 aromatic heterocycles. The third-order valence-electron chi connectivity index (χ3n) is 3.27. The lowest BCUT2D eigenvalue weighted by atomic mass is 9.89. The number of rotatable bonds is 3. The summed E-state index contributed by atoms with van der Waals surface area (Å²) in [5, 5.41) is 0. The first-order chi connectivity index (χ1) is 9.34. The van der Waals surface area contributed by atoms with Crippen LogP contribution in [0.25, 0.3) is 0 Å². The molecule has 1 saturated heterocycles. The van der Waals surface area contributed by atoms with E-state index in [0.29, 0.717) is 19.5 Å². The Labute approximate surface area is 119 Å². The van der Waals surface area contributed by atoms with Gasteiger partial charge in [0, 0.05) is 25.4 Å². The number of methoxy groups -OCH3 is 1. The average molecular weight is 278 g/mol. The van der Waals surface area contributed by atoms with Crippen LogP contribution in [0.5, 0.6) is 0 Å². The Kier molecular flexibility index (Phi) is 3.99. The minimum Gasteiger partial charge on any atom is -0.444 e. The zero-order chi connectivity index (χ0) is 14.8. The highest BCUT2D eigenvalue weighted by molar-refractivity contribution is 5.69. The fourth-order valence-corrected chi connectivity index (χ4v) is 2.25. The van der Waals surface area contributed by atoms with Gasteiger partial charge in [0.05, 0.1) is 13.1 Å². The summed E-state index contributed by atoms with van der Waals surface area (Å²) in [4.78, 5) is 17.9. The Balaban J connectivity index is 1.93. The van der Waals surface area contributed by atoms with Crippen molar-refractivity contribution in [2.45, 2.75) is 38.4 Å². The van der Waals surface area contributed by atoms with Gasteiger partial charge < -0.3 is 14.4 Å². The van der Waals surface area contributed by atoms with Gasteiger partial charge in [-0.15, -0.1) is 0 Å². The number of ether oxygens (including phenoxy) is 2. The minimum absolute atomic E-state index is 0.286. The van der Waals surface area contributed by atoms with Crippen molar-refractivity contribution in [2.24, 2.45) is 0 Å². The number of carbonyl (C=O) groups is 1. The molecule has 1 amide bonds. The zero-order valence-electron chi connectivity index (χ0n) is 12.5. The summed E-state index contributed by atoms with van der Waals surface area (Å²) < 4.78 is 10.9. The molecule has 0 spiro atoms. The number of hydrogen-bond acceptors (Lipinski definition) is 4. The maximum atomic E-state index is 11.9. The van der Waals surface area contributed by atoms with E-state index >= 15 is 0 Å². The van der Waals surface area contributed by atoms with Gasteiger partial charge in [-0.1, -0.05) is 6.07 Å². The molecule has 1 aliphatic rings. The third-order valence-corrected chi connectivity index (χ3v) is 3.27. The summed E-state index contributed by atoms with van der Waals surface area (Å²) in [6, 6.07) is 5.81. The lowest BCUT2D eigenvalue weighted by Gasteiger charge is -2.48. The standard InChI is InChI=1S/C15H22N2O3/c1-14(2,3)20-13(18)17-10-15(11-17,19-4)9-12-7-5-6-8-16-12/h5-8H,9-11H2,1-4H3. The van der Waals surface area contributed by atoms with Crippen LogP contribution in [-0.2, 0) is 15.9 Å². The first kappa shape index (κ1) is 14.8. The van der Waals surface area contributed by atoms with Crippen molar-refractivity contribution < 1.29 is 14.3 Å². The van der Waals surface area contributed by atoms with Crippen molar-refractivity contribution in [3.05, 3.63) is 30.1 Å². The van der Waals surface area contributed by atoms with E-state index in [1.54, 1.807) is 18.2 Å². The van der Waals surface area contributed by atoms with Crippen LogP contribution in [0.3, 0.4) is 0 Å². The molecule has 0 aliphatic carbocycles. The highest BCUT2D eigenvalue weighted by atomic mass is 16.6. The van der Waals surface area contributed by atoms with Crippen LogP contribution >= 0.6 is 0 Å². The third kappa shape index (κ3) is 3.48. The van der Waals surface area contributed by atoms with Gasteiger partial charge in [0.2, 0.25) is 0 Å². The van der Waals surface area contributed by atoms with Gasteiger partial charge in [-0.05, 0) is 32.9 Å². The fraction of sp³-hybridized carbons (Fsp3) is 0.600. The monoisotopic (exact) mass is 278 g/mol. The summed E-state index contributed by atoms with van der Waals surface area (Å²) >= 11 is 0. The van der Waals surface area contributed by atoms with E-state index in [0.717, 1.165) is 5.69 Å². The van der Waals surface area contributed by atoms with E-state index in [2.05, 4.69) is 4.98 Å². The molecule has 2 rings (SSSR count). The Morgan fingerprint density at radius 1 is 1.40 bits per heavy atom. The summed E-state index contributed by atoms with van der Waals surface area (Å²) in [6.07, 6.45) is 2.18. The van der Waals surface area contributed by atoms with Crippen molar-refractivity contribution in [3.63, 3.8) is 0 Å². The van der Waals surface area contributed by atoms with Crippen molar-refractivity contribution in [3.8, 4) is 0 Å². The molecule has 1 fully saturated rings. The molecule has 0 unspecified atom stereocenters. The number of aromatic nitrogens is 1. The molecule has 0 saturated carbocycles. The van der Waals surface area contributed by atoms with Crippen LogP contribution < -0.4 is 0 Å². The second kappa shape index (κ2) is 5.40. The molecule has 0 N–H and O–H groups in total. The molecule has 5 heteroatoms. The predicted molar refractivity (Wildman–Crippen MR) is 75.5 cm³/mol. The molecular formula is C15H22N2O3. The van der Waals surface area contributed by atoms with E-state index in [1.165, 1.54) is 0 Å². The van der Waals surface area contributed by atoms with Gasteiger partial charge in [-0.25, -0.2) is 4.79 Å². The Hall–Kier alpha value is -1.62. The summed E-state index contributed by atoms with van der Waals surface area (Å²) in [7, 11) is 1.68. The Bertz CT molecular complexity index is 462. The van der Waals surface area contributed by atoms with Gasteiger partial charge in [0.1, 0.15) is 11.2 Å². The minimum atomic E-state index is -0.469. The molecule has 1 aliphatic heterocycles. The van der Waals surface area contributed by atoms with Crippen molar-refractivity contribution in [1.82, 2.24) is 9.88 Å². The van der Waals surface area contributed by atoms with Gasteiger partial charge in [-0.3, -0.25) is 4.98 Å². The lowest BCUT2D eigenvalue weighted by molar-refractivity contribution is -0.121. The van der Waals surface area contributed by atoms with Crippen LogP contribution in [0.4, 0.5) is 4.79 Å². The molecular weight excluding hydrogens is 256 g/mol. The topological polar surface area (TPSA) is 51.7 Å². The van der Waals surface area contributed by atoms with E-state index in [-0.39, 0.29) is 11.7 Å². The van der Waals surface area contributed by atoms with Crippen molar-refractivity contribution in [2.75, 3.05) is 20.2 Å². The molecule has 20 heavy (non-hydrogen) atoms. The Morgan fingerprint density at radius 2 is 2.10 bits per heavy atom. The van der Waals surface area contributed by atoms with E-state index in [1.807, 2.05) is 39.0 Å². The number of nitrogens with zero attached hydrogens (tertiary/aromatic N) is 2. The molecule has 0 bridgehead atoms. The normalized spacial score (nSPS) is 17.5. The highest BCUT2D eigenvalue weighted by Crippen LogP contribution is 2.29. The second-order valence-electron chi connectivity index (χ2n) is 6.22. The first-order valence-electron chi connectivity index (χ1n) is 6.77. The predicted octanol–water partition coefficient (Wildman–Crippen LogP) is 2.26. The molecule has 0 atom stereocenters. The smallest absolute Gasteiger partial charge is 0.410 e. The number of amides is 1. The molecule has 5 nitrogen and oxygen atoms in total. The summed E-state index contributed by atoms with van der Waals surface area (Å²) in [5.74, 6) is 0. The van der Waals surface area contributed by atoms with Crippen LogP contribution in [0, 0.1) is 0 Å². The quantitative estimate of drug-likeness (QED) is 0.851. The van der Waals surface area contributed by atoms with Crippen molar-refractivity contribution in [1.29, 1.82) is 0 Å². The largest absolute Gasteiger partial charge is 0.444 e. The summed E-state index contributed by atoms with van der Waals surface area (Å²) in [6.45, 7) is 6.66. The van der Waals surface area contributed by atoms with Crippen LogP contribution in [0.2, 0.25) is 0 Å². The maximum Gasteiger partial charge on any atom is 0.410 e. The lowest BCUT2D eigenvalue weighted by Crippen LogP contribution is -2.66. The summed E-state index contributed by atoms with van der Waals surface area (Å²) in [5.41, 5.74) is 0.160. The van der Waals surface area contributed by atoms with Gasteiger partial charge >= 0.3 is 6.09 Å². The average Bonchev–Trinajstić information content (AvgIpc) is 2.32. The number of likely N-dealkylation sites (tertiary alicyclic amines) is 1. The second-order valence-corrected chi connectivity index (χ2v) is 6.22. The van der Waals surface area contributed by atoms with Crippen molar-refractivity contribution >= 4 is 6.09 Å². The fourth-order valence-electron chi connectivity index (χ4n) is 2.25. The van der Waals surface area contributed by atoms with Gasteiger partial charge in [0.15, 0.2) is 0 Å². The van der Waals surface area contributed by atoms with Crippen LogP contribution in [0.15, 0.2) is 24.4 Å².